The number of nitro benzene ring substituents is 1. The summed E-state index contributed by atoms with van der Waals surface area (Å²) < 4.78 is 27.2. The number of carbonyl (C=O) groups is 1. The Bertz CT molecular complexity index is 901. The number of carboxylic acid groups (broad SMARTS) is 1. The van der Waals surface area contributed by atoms with Gasteiger partial charge in [0, 0.05) is 18.5 Å². The van der Waals surface area contributed by atoms with Gasteiger partial charge >= 0.3 is 0 Å². The Morgan fingerprint density at radius 1 is 1.20 bits per heavy atom. The SMILES string of the molecule is O=C([O-])C[C@H](NS(=O)(=O)c1ccc(Cl)c([N+](=O)[O-])c1)c1ccccc1. The van der Waals surface area contributed by atoms with Crippen LogP contribution in [-0.4, -0.2) is 19.3 Å². The van der Waals surface area contributed by atoms with E-state index in [9.17, 15) is 28.4 Å². The topological polar surface area (TPSA) is 129 Å². The number of hydrogen-bond donors (Lipinski definition) is 1. The molecule has 8 nitrogen and oxygen atoms in total. The highest BCUT2D eigenvalue weighted by atomic mass is 35.5. The van der Waals surface area contributed by atoms with E-state index in [2.05, 4.69) is 4.72 Å². The summed E-state index contributed by atoms with van der Waals surface area (Å²) >= 11 is 5.67. The molecule has 2 aromatic rings. The fourth-order valence-electron chi connectivity index (χ4n) is 2.13. The van der Waals surface area contributed by atoms with Crippen LogP contribution >= 0.6 is 11.6 Å². The quantitative estimate of drug-likeness (QED) is 0.568. The molecule has 0 saturated heterocycles. The van der Waals surface area contributed by atoms with Crippen molar-refractivity contribution in [2.24, 2.45) is 0 Å². The highest BCUT2D eigenvalue weighted by Crippen LogP contribution is 2.28. The molecule has 10 heteroatoms. The lowest BCUT2D eigenvalue weighted by Gasteiger charge is -2.19. The van der Waals surface area contributed by atoms with Crippen LogP contribution in [0.1, 0.15) is 18.0 Å². The van der Waals surface area contributed by atoms with Crippen LogP contribution in [0.4, 0.5) is 5.69 Å². The lowest BCUT2D eigenvalue weighted by Crippen LogP contribution is -2.34. The number of nitrogens with zero attached hydrogens (tertiary/aromatic N) is 1. The van der Waals surface area contributed by atoms with Crippen molar-refractivity contribution in [3.8, 4) is 0 Å². The van der Waals surface area contributed by atoms with Gasteiger partial charge in [-0.2, -0.15) is 0 Å². The normalized spacial score (nSPS) is 12.5. The Hall–Kier alpha value is -2.49. The molecule has 0 aliphatic carbocycles. The van der Waals surface area contributed by atoms with Gasteiger partial charge in [-0.25, -0.2) is 13.1 Å². The molecular formula is C15H12ClN2O6S-. The standard InChI is InChI=1S/C15H13ClN2O6S/c16-12-7-6-11(8-14(12)18(21)22)25(23,24)17-13(9-15(19)20)10-4-2-1-3-5-10/h1-8,13,17H,9H2,(H,19,20)/p-1/t13-/m0/s1. The van der Waals surface area contributed by atoms with E-state index in [1.54, 1.807) is 30.3 Å². The number of hydrogen-bond acceptors (Lipinski definition) is 6. The second-order valence-electron chi connectivity index (χ2n) is 5.03. The Morgan fingerprint density at radius 2 is 1.84 bits per heavy atom. The first-order valence-electron chi connectivity index (χ1n) is 6.92. The number of sulfonamides is 1. The van der Waals surface area contributed by atoms with E-state index in [4.69, 9.17) is 11.6 Å². The van der Waals surface area contributed by atoms with E-state index >= 15 is 0 Å². The van der Waals surface area contributed by atoms with Crippen molar-refractivity contribution in [3.63, 3.8) is 0 Å². The summed E-state index contributed by atoms with van der Waals surface area (Å²) in [5.41, 5.74) is -0.153. The summed E-state index contributed by atoms with van der Waals surface area (Å²) in [5.74, 6) is -1.45. The summed E-state index contributed by atoms with van der Waals surface area (Å²) in [6, 6.07) is 9.95. The van der Waals surface area contributed by atoms with Crippen molar-refractivity contribution in [1.29, 1.82) is 0 Å². The van der Waals surface area contributed by atoms with Crippen LogP contribution in [0, 0.1) is 10.1 Å². The first-order valence-corrected chi connectivity index (χ1v) is 8.78. The first-order chi connectivity index (χ1) is 11.7. The summed E-state index contributed by atoms with van der Waals surface area (Å²) in [4.78, 5) is 20.6. The highest BCUT2D eigenvalue weighted by Gasteiger charge is 2.24. The molecule has 0 radical (unpaired) electrons. The largest absolute Gasteiger partial charge is 0.550 e. The molecule has 0 saturated carbocycles. The minimum absolute atomic E-state index is 0.210. The molecule has 0 fully saturated rings. The minimum atomic E-state index is -4.23. The fraction of sp³-hybridized carbons (Fsp3) is 0.133. The first kappa shape index (κ1) is 18.8. The third-order valence-corrected chi connectivity index (χ3v) is 5.08. The average Bonchev–Trinajstić information content (AvgIpc) is 2.54. The van der Waals surface area contributed by atoms with E-state index < -0.39 is 44.0 Å². The molecule has 0 aliphatic heterocycles. The smallest absolute Gasteiger partial charge is 0.289 e. The second kappa shape index (κ2) is 7.60. The van der Waals surface area contributed by atoms with Gasteiger partial charge in [0.05, 0.1) is 15.9 Å². The van der Waals surface area contributed by atoms with Crippen LogP contribution in [0.15, 0.2) is 53.4 Å². The molecule has 1 N–H and O–H groups in total. The Labute approximate surface area is 148 Å². The van der Waals surface area contributed by atoms with Crippen molar-refractivity contribution in [3.05, 3.63) is 69.2 Å². The minimum Gasteiger partial charge on any atom is -0.550 e. The molecule has 0 spiro atoms. The predicted octanol–water partition coefficient (Wildman–Crippen LogP) is 1.41. The fourth-order valence-corrected chi connectivity index (χ4v) is 3.57. The monoisotopic (exact) mass is 383 g/mol. The third-order valence-electron chi connectivity index (χ3n) is 3.29. The van der Waals surface area contributed by atoms with Crippen molar-refractivity contribution in [2.75, 3.05) is 0 Å². The van der Waals surface area contributed by atoms with E-state index in [0.29, 0.717) is 5.56 Å². The zero-order valence-corrected chi connectivity index (χ0v) is 14.2. The number of nitro groups is 1. The zero-order chi connectivity index (χ0) is 18.6. The molecule has 2 rings (SSSR count). The molecule has 0 aromatic heterocycles. The molecule has 0 unspecified atom stereocenters. The number of carbonyl (C=O) groups excluding carboxylic acids is 1. The Balaban J connectivity index is 2.39. The van der Waals surface area contributed by atoms with Crippen LogP contribution in [0.2, 0.25) is 5.02 Å². The lowest BCUT2D eigenvalue weighted by atomic mass is 10.1. The number of rotatable bonds is 7. The van der Waals surface area contributed by atoms with Crippen LogP contribution in [-0.2, 0) is 14.8 Å². The molecule has 1 atom stereocenters. The third kappa shape index (κ3) is 4.75. The van der Waals surface area contributed by atoms with Gasteiger partial charge in [0.25, 0.3) is 5.69 Å². The van der Waals surface area contributed by atoms with Gasteiger partial charge in [-0.15, -0.1) is 0 Å². The summed E-state index contributed by atoms with van der Waals surface area (Å²) in [7, 11) is -4.23. The molecule has 0 bridgehead atoms. The second-order valence-corrected chi connectivity index (χ2v) is 7.15. The van der Waals surface area contributed by atoms with Gasteiger partial charge in [-0.3, -0.25) is 10.1 Å². The van der Waals surface area contributed by atoms with Crippen LogP contribution < -0.4 is 9.83 Å². The van der Waals surface area contributed by atoms with Crippen molar-refractivity contribution in [2.45, 2.75) is 17.4 Å². The van der Waals surface area contributed by atoms with Gasteiger partial charge in [-0.1, -0.05) is 41.9 Å². The molecule has 0 aliphatic rings. The number of carboxylic acids is 1. The molecule has 132 valence electrons. The van der Waals surface area contributed by atoms with Gasteiger partial charge in [0.2, 0.25) is 10.0 Å². The Morgan fingerprint density at radius 3 is 2.40 bits per heavy atom. The maximum atomic E-state index is 12.5. The van der Waals surface area contributed by atoms with Gasteiger partial charge in [-0.05, 0) is 17.7 Å². The van der Waals surface area contributed by atoms with Crippen molar-refractivity contribution < 1.29 is 23.2 Å². The van der Waals surface area contributed by atoms with Gasteiger partial charge in [0.15, 0.2) is 0 Å². The van der Waals surface area contributed by atoms with Crippen molar-refractivity contribution >= 4 is 33.3 Å². The summed E-state index contributed by atoms with van der Waals surface area (Å²) in [5, 5.41) is 21.6. The van der Waals surface area contributed by atoms with Crippen molar-refractivity contribution in [1.82, 2.24) is 4.72 Å². The predicted molar refractivity (Wildman–Crippen MR) is 87.2 cm³/mol. The molecule has 0 heterocycles. The maximum absolute atomic E-state index is 12.5. The van der Waals surface area contributed by atoms with Gasteiger partial charge < -0.3 is 9.90 Å². The van der Waals surface area contributed by atoms with Gasteiger partial charge in [0.1, 0.15) is 5.02 Å². The summed E-state index contributed by atoms with van der Waals surface area (Å²) in [6.07, 6.45) is -0.598. The Kier molecular flexibility index (Phi) is 5.73. The zero-order valence-electron chi connectivity index (χ0n) is 12.6. The number of nitrogens with one attached hydrogen (secondary N) is 1. The molecule has 25 heavy (non-hydrogen) atoms. The number of aliphatic carboxylic acids is 1. The number of benzene rings is 2. The van der Waals surface area contributed by atoms with Crippen LogP contribution in [0.5, 0.6) is 0 Å². The van der Waals surface area contributed by atoms with E-state index in [0.717, 1.165) is 18.2 Å². The lowest BCUT2D eigenvalue weighted by molar-refractivity contribution is -0.384. The molecule has 0 amide bonds. The number of halogens is 1. The maximum Gasteiger partial charge on any atom is 0.289 e. The van der Waals surface area contributed by atoms with E-state index in [1.807, 2.05) is 0 Å². The molecular weight excluding hydrogens is 372 g/mol. The molecule has 2 aromatic carbocycles. The average molecular weight is 384 g/mol. The van der Waals surface area contributed by atoms with E-state index in [1.165, 1.54) is 0 Å². The van der Waals surface area contributed by atoms with E-state index in [-0.39, 0.29) is 5.02 Å². The van der Waals surface area contributed by atoms with Crippen LogP contribution in [0.25, 0.3) is 0 Å². The summed E-state index contributed by atoms with van der Waals surface area (Å²) in [6.45, 7) is 0. The van der Waals surface area contributed by atoms with Crippen LogP contribution in [0.3, 0.4) is 0 Å². The highest BCUT2D eigenvalue weighted by molar-refractivity contribution is 7.89.